The maximum Gasteiger partial charge on any atom is 0.260 e. The lowest BCUT2D eigenvalue weighted by Gasteiger charge is -2.37. The van der Waals surface area contributed by atoms with Crippen molar-refractivity contribution in [1.29, 1.82) is 0 Å². The van der Waals surface area contributed by atoms with Gasteiger partial charge in [0.25, 0.3) is 5.91 Å². The summed E-state index contributed by atoms with van der Waals surface area (Å²) in [5, 5.41) is 20.2. The number of likely N-dealkylation sites (N-methyl/N-ethyl adjacent to an activating group) is 1. The van der Waals surface area contributed by atoms with Crippen LogP contribution in [0, 0.1) is 6.92 Å². The molecule has 1 aliphatic carbocycles. The summed E-state index contributed by atoms with van der Waals surface area (Å²) in [5.41, 5.74) is 0.992. The zero-order valence-corrected chi connectivity index (χ0v) is 13.6. The van der Waals surface area contributed by atoms with Crippen LogP contribution in [0.4, 0.5) is 0 Å². The van der Waals surface area contributed by atoms with Crippen molar-refractivity contribution in [1.82, 2.24) is 4.90 Å². The Bertz CT molecular complexity index is 537. The second-order valence-electron chi connectivity index (χ2n) is 5.78. The topological polar surface area (TPSA) is 70.0 Å². The average Bonchev–Trinajstić information content (AvgIpc) is 2.50. The highest BCUT2D eigenvalue weighted by Gasteiger charge is 2.35. The first-order chi connectivity index (χ1) is 10.4. The molecule has 0 spiro atoms. The predicted octanol–water partition coefficient (Wildman–Crippen LogP) is 1.76. The fourth-order valence-electron chi connectivity index (χ4n) is 2.70. The van der Waals surface area contributed by atoms with Crippen molar-refractivity contribution < 1.29 is 19.7 Å². The molecule has 3 atom stereocenters. The van der Waals surface area contributed by atoms with Gasteiger partial charge in [-0.15, -0.1) is 0 Å². The van der Waals surface area contributed by atoms with E-state index in [-0.39, 0.29) is 18.6 Å². The van der Waals surface area contributed by atoms with Crippen LogP contribution < -0.4 is 4.74 Å². The number of carbonyl (C=O) groups excluding carboxylic acids is 1. The lowest BCUT2D eigenvalue weighted by Crippen LogP contribution is -2.52. The molecule has 0 saturated heterocycles. The fraction of sp³-hybridized carbons (Fsp3) is 0.562. The molecule has 1 aromatic rings. The number of hydrogen-bond donors (Lipinski definition) is 2. The Morgan fingerprint density at radius 1 is 1.41 bits per heavy atom. The van der Waals surface area contributed by atoms with Crippen molar-refractivity contribution in [2.75, 3.05) is 13.7 Å². The highest BCUT2D eigenvalue weighted by molar-refractivity contribution is 6.32. The van der Waals surface area contributed by atoms with Crippen LogP contribution in [0.3, 0.4) is 0 Å². The largest absolute Gasteiger partial charge is 0.482 e. The molecule has 0 aromatic heterocycles. The first kappa shape index (κ1) is 17.1. The summed E-state index contributed by atoms with van der Waals surface area (Å²) in [4.78, 5) is 13.7. The van der Waals surface area contributed by atoms with Crippen LogP contribution in [0.5, 0.6) is 5.75 Å². The van der Waals surface area contributed by atoms with Gasteiger partial charge in [0.2, 0.25) is 0 Å². The molecule has 5 nitrogen and oxygen atoms in total. The third kappa shape index (κ3) is 3.91. The number of hydrogen-bond acceptors (Lipinski definition) is 4. The summed E-state index contributed by atoms with van der Waals surface area (Å²) < 4.78 is 5.49. The second-order valence-corrected chi connectivity index (χ2v) is 6.19. The van der Waals surface area contributed by atoms with Gasteiger partial charge in [-0.1, -0.05) is 17.7 Å². The summed E-state index contributed by atoms with van der Waals surface area (Å²) >= 11 is 6.03. The van der Waals surface area contributed by atoms with Crippen molar-refractivity contribution in [2.24, 2.45) is 0 Å². The number of ether oxygens (including phenoxy) is 1. The van der Waals surface area contributed by atoms with Gasteiger partial charge >= 0.3 is 0 Å². The molecule has 122 valence electrons. The quantitative estimate of drug-likeness (QED) is 0.884. The van der Waals surface area contributed by atoms with Gasteiger partial charge in [-0.3, -0.25) is 4.79 Å². The van der Waals surface area contributed by atoms with Crippen molar-refractivity contribution in [3.63, 3.8) is 0 Å². The number of nitrogens with zero attached hydrogens (tertiary/aromatic N) is 1. The van der Waals surface area contributed by atoms with E-state index in [2.05, 4.69) is 0 Å². The zero-order valence-electron chi connectivity index (χ0n) is 12.8. The van der Waals surface area contributed by atoms with Crippen LogP contribution in [-0.4, -0.2) is 52.9 Å². The molecule has 6 heteroatoms. The van der Waals surface area contributed by atoms with Gasteiger partial charge in [0, 0.05) is 7.05 Å². The normalized spacial score (nSPS) is 24.9. The monoisotopic (exact) mass is 327 g/mol. The lowest BCUT2D eigenvalue weighted by atomic mass is 9.89. The summed E-state index contributed by atoms with van der Waals surface area (Å²) in [5.74, 6) is 0.211. The first-order valence-electron chi connectivity index (χ1n) is 7.41. The molecule has 1 amide bonds. The zero-order chi connectivity index (χ0) is 16.3. The number of halogens is 1. The van der Waals surface area contributed by atoms with Crippen LogP contribution in [0.1, 0.15) is 24.8 Å². The van der Waals surface area contributed by atoms with Gasteiger partial charge in [0.15, 0.2) is 6.61 Å². The van der Waals surface area contributed by atoms with Gasteiger partial charge < -0.3 is 19.8 Å². The number of aliphatic hydroxyl groups is 2. The van der Waals surface area contributed by atoms with Crippen LogP contribution in [0.25, 0.3) is 0 Å². The molecular formula is C16H22ClNO4. The maximum atomic E-state index is 12.2. The van der Waals surface area contributed by atoms with E-state index in [1.54, 1.807) is 19.2 Å². The van der Waals surface area contributed by atoms with Gasteiger partial charge in [-0.05, 0) is 43.9 Å². The van der Waals surface area contributed by atoms with E-state index in [4.69, 9.17) is 16.3 Å². The molecule has 22 heavy (non-hydrogen) atoms. The second kappa shape index (κ2) is 7.31. The Labute approximate surface area is 135 Å². The Morgan fingerprint density at radius 2 is 2.14 bits per heavy atom. The number of aliphatic hydroxyl groups excluding tert-OH is 2. The smallest absolute Gasteiger partial charge is 0.260 e. The van der Waals surface area contributed by atoms with E-state index in [0.717, 1.165) is 12.0 Å². The van der Waals surface area contributed by atoms with Crippen LogP contribution in [-0.2, 0) is 4.79 Å². The molecule has 1 saturated carbocycles. The molecule has 0 heterocycles. The van der Waals surface area contributed by atoms with Crippen LogP contribution in [0.15, 0.2) is 18.2 Å². The number of benzene rings is 1. The Morgan fingerprint density at radius 3 is 2.86 bits per heavy atom. The standard InChI is InChI=1S/C16H22ClNO4/c1-10-6-7-11(17)14(8-10)22-9-15(20)18(2)12-4-3-5-13(19)16(12)21/h6-8,12-13,16,19,21H,3-5,9H2,1-2H3/t12-,13-,16-/m1/s1. The summed E-state index contributed by atoms with van der Waals surface area (Å²) in [7, 11) is 1.62. The minimum absolute atomic E-state index is 0.154. The maximum absolute atomic E-state index is 12.2. The van der Waals surface area contributed by atoms with Crippen molar-refractivity contribution in [2.45, 2.75) is 44.4 Å². The molecule has 2 N–H and O–H groups in total. The van der Waals surface area contributed by atoms with Gasteiger partial charge in [0.05, 0.1) is 17.2 Å². The van der Waals surface area contributed by atoms with Gasteiger partial charge in [-0.25, -0.2) is 0 Å². The molecule has 0 radical (unpaired) electrons. The van der Waals surface area contributed by atoms with Crippen molar-refractivity contribution in [3.8, 4) is 5.75 Å². The van der Waals surface area contributed by atoms with E-state index in [1.165, 1.54) is 4.90 Å². The molecule has 0 unspecified atom stereocenters. The van der Waals surface area contributed by atoms with E-state index in [9.17, 15) is 15.0 Å². The summed E-state index contributed by atoms with van der Waals surface area (Å²) in [6.45, 7) is 1.76. The van der Waals surface area contributed by atoms with E-state index in [0.29, 0.717) is 23.6 Å². The van der Waals surface area contributed by atoms with Gasteiger partial charge in [-0.2, -0.15) is 0 Å². The summed E-state index contributed by atoms with van der Waals surface area (Å²) in [6.07, 6.45) is 0.331. The third-order valence-electron chi connectivity index (χ3n) is 4.12. The van der Waals surface area contributed by atoms with Crippen LogP contribution in [0.2, 0.25) is 5.02 Å². The molecule has 1 fully saturated rings. The number of carbonyl (C=O) groups is 1. The first-order valence-corrected chi connectivity index (χ1v) is 7.78. The Kier molecular flexibility index (Phi) is 5.67. The molecule has 2 rings (SSSR count). The summed E-state index contributed by atoms with van der Waals surface area (Å²) in [6, 6.07) is 4.98. The SMILES string of the molecule is Cc1ccc(Cl)c(OCC(=O)N(C)[C@@H]2CCC[C@@H](O)[C@@H]2O)c1. The minimum atomic E-state index is -0.912. The lowest BCUT2D eigenvalue weighted by molar-refractivity contribution is -0.140. The van der Waals surface area contributed by atoms with Gasteiger partial charge in [0.1, 0.15) is 11.9 Å². The van der Waals surface area contributed by atoms with Crippen molar-refractivity contribution in [3.05, 3.63) is 28.8 Å². The fourth-order valence-corrected chi connectivity index (χ4v) is 2.88. The molecule has 1 aromatic carbocycles. The number of amides is 1. The van der Waals surface area contributed by atoms with Crippen molar-refractivity contribution >= 4 is 17.5 Å². The highest BCUT2D eigenvalue weighted by atomic mass is 35.5. The molecule has 1 aliphatic rings. The molecule has 0 bridgehead atoms. The van der Waals surface area contributed by atoms with E-state index < -0.39 is 12.2 Å². The van der Waals surface area contributed by atoms with Crippen LogP contribution >= 0.6 is 11.6 Å². The molecule has 0 aliphatic heterocycles. The molecular weight excluding hydrogens is 306 g/mol. The number of rotatable bonds is 4. The van der Waals surface area contributed by atoms with E-state index >= 15 is 0 Å². The average molecular weight is 328 g/mol. The third-order valence-corrected chi connectivity index (χ3v) is 4.43. The highest BCUT2D eigenvalue weighted by Crippen LogP contribution is 2.26. The predicted molar refractivity (Wildman–Crippen MR) is 84.1 cm³/mol. The number of aryl methyl sites for hydroxylation is 1. The Hall–Kier alpha value is -1.30. The minimum Gasteiger partial charge on any atom is -0.482 e. The van der Waals surface area contributed by atoms with E-state index in [1.807, 2.05) is 13.0 Å². The Balaban J connectivity index is 1.95.